The molecule has 0 radical (unpaired) electrons. The van der Waals surface area contributed by atoms with Gasteiger partial charge in [0.15, 0.2) is 4.90 Å². The summed E-state index contributed by atoms with van der Waals surface area (Å²) in [5.41, 5.74) is 3.93. The molecular formula is C24H25N5OS. The molecule has 0 aliphatic carbocycles. The number of anilines is 2. The van der Waals surface area contributed by atoms with Gasteiger partial charge < -0.3 is 9.45 Å². The van der Waals surface area contributed by atoms with Gasteiger partial charge in [-0.25, -0.2) is 14.7 Å². The number of nitrogens with zero attached hydrogens (tertiary/aromatic N) is 4. The molecule has 7 heteroatoms. The lowest BCUT2D eigenvalue weighted by Crippen LogP contribution is -2.31. The topological polar surface area (TPSA) is 77.0 Å². The maximum absolute atomic E-state index is 12.6. The molecule has 31 heavy (non-hydrogen) atoms. The quantitative estimate of drug-likeness (QED) is 0.497. The van der Waals surface area contributed by atoms with Gasteiger partial charge in [0.25, 0.3) is 0 Å². The predicted octanol–water partition coefficient (Wildman–Crippen LogP) is 4.01. The van der Waals surface area contributed by atoms with Crippen LogP contribution in [-0.2, 0) is 11.4 Å². The molecule has 0 spiro atoms. The second-order valence-electron chi connectivity index (χ2n) is 7.50. The first kappa shape index (κ1) is 21.2. The van der Waals surface area contributed by atoms with Crippen LogP contribution in [0.5, 0.6) is 0 Å². The van der Waals surface area contributed by atoms with Crippen molar-refractivity contribution in [3.8, 4) is 11.8 Å². The molecule has 158 valence electrons. The van der Waals surface area contributed by atoms with E-state index in [1.54, 1.807) is 12.5 Å². The molecule has 1 N–H and O–H groups in total. The molecule has 1 atom stereocenters. The summed E-state index contributed by atoms with van der Waals surface area (Å²) in [6.45, 7) is 5.83. The normalized spacial score (nSPS) is 14.5. The summed E-state index contributed by atoms with van der Waals surface area (Å²) >= 11 is -1.37. The van der Waals surface area contributed by atoms with Gasteiger partial charge in [-0.1, -0.05) is 30.0 Å². The van der Waals surface area contributed by atoms with E-state index >= 15 is 0 Å². The van der Waals surface area contributed by atoms with Gasteiger partial charge >= 0.3 is 0 Å². The fourth-order valence-corrected chi connectivity index (χ4v) is 4.42. The molecule has 2 aromatic heterocycles. The zero-order chi connectivity index (χ0) is 21.6. The summed E-state index contributed by atoms with van der Waals surface area (Å²) < 4.78 is 15.7. The van der Waals surface area contributed by atoms with Gasteiger partial charge in [0, 0.05) is 24.8 Å². The standard InChI is InChI=1S/C24H25N5OS/c1-18-22(24(27-17-26-18)29-13-7-4-8-14-29)12-11-20-15-23(19(2)25-16-20)28-31(30)21-9-5-3-6-10-21/h3,5-6,9-10,15-17,28H,4,7-8,13-14H2,1-2H3. The first-order chi connectivity index (χ1) is 15.1. The van der Waals surface area contributed by atoms with Crippen LogP contribution >= 0.6 is 0 Å². The first-order valence-corrected chi connectivity index (χ1v) is 11.6. The lowest BCUT2D eigenvalue weighted by atomic mass is 10.1. The second kappa shape index (κ2) is 9.82. The Bertz CT molecular complexity index is 1100. The largest absolute Gasteiger partial charge is 0.588 e. The third-order valence-corrected chi connectivity index (χ3v) is 6.36. The summed E-state index contributed by atoms with van der Waals surface area (Å²) in [6, 6.07) is 11.2. The lowest BCUT2D eigenvalue weighted by Gasteiger charge is -2.28. The van der Waals surface area contributed by atoms with E-state index in [-0.39, 0.29) is 0 Å². The minimum absolute atomic E-state index is 0.700. The average molecular weight is 432 g/mol. The van der Waals surface area contributed by atoms with Gasteiger partial charge in [-0.3, -0.25) is 4.98 Å². The van der Waals surface area contributed by atoms with Crippen LogP contribution in [0.15, 0.2) is 53.8 Å². The number of rotatable bonds is 4. The number of aromatic nitrogens is 3. The van der Waals surface area contributed by atoms with E-state index in [0.29, 0.717) is 10.6 Å². The van der Waals surface area contributed by atoms with Gasteiger partial charge in [0.1, 0.15) is 29.2 Å². The van der Waals surface area contributed by atoms with Crippen LogP contribution in [-0.4, -0.2) is 32.6 Å². The highest BCUT2D eigenvalue weighted by molar-refractivity contribution is 7.92. The second-order valence-corrected chi connectivity index (χ2v) is 8.71. The molecule has 1 aromatic carbocycles. The number of piperidine rings is 1. The van der Waals surface area contributed by atoms with E-state index < -0.39 is 11.4 Å². The van der Waals surface area contributed by atoms with Crippen molar-refractivity contribution in [2.45, 2.75) is 38.0 Å². The molecule has 6 nitrogen and oxygen atoms in total. The summed E-state index contributed by atoms with van der Waals surface area (Å²) in [6.07, 6.45) is 6.95. The van der Waals surface area contributed by atoms with E-state index in [1.165, 1.54) is 19.3 Å². The first-order valence-electron chi connectivity index (χ1n) is 10.4. The van der Waals surface area contributed by atoms with Crippen molar-refractivity contribution < 1.29 is 4.55 Å². The van der Waals surface area contributed by atoms with Crippen molar-refractivity contribution in [1.29, 1.82) is 0 Å². The number of benzene rings is 1. The number of hydrogen-bond acceptors (Lipinski definition) is 6. The Labute approximate surface area is 186 Å². The SMILES string of the molecule is Cc1ncc(C#Cc2c(C)ncnc2N2CCCCC2)cc1N[S+]([O-])c1ccccc1. The van der Waals surface area contributed by atoms with Gasteiger partial charge in [0.05, 0.1) is 17.0 Å². The van der Waals surface area contributed by atoms with Crippen LogP contribution in [0, 0.1) is 25.7 Å². The monoisotopic (exact) mass is 431 g/mol. The van der Waals surface area contributed by atoms with Crippen molar-refractivity contribution in [1.82, 2.24) is 15.0 Å². The maximum atomic E-state index is 12.6. The Morgan fingerprint density at radius 3 is 2.52 bits per heavy atom. The summed E-state index contributed by atoms with van der Waals surface area (Å²) in [5, 5.41) is 0. The van der Waals surface area contributed by atoms with Crippen LogP contribution in [0.1, 0.15) is 41.8 Å². The molecule has 0 bridgehead atoms. The number of aryl methyl sites for hydroxylation is 2. The average Bonchev–Trinajstić information content (AvgIpc) is 2.81. The minimum atomic E-state index is -1.37. The minimum Gasteiger partial charge on any atom is -0.588 e. The van der Waals surface area contributed by atoms with Crippen LogP contribution in [0.2, 0.25) is 0 Å². The van der Waals surface area contributed by atoms with Crippen molar-refractivity contribution >= 4 is 22.9 Å². The molecule has 1 fully saturated rings. The summed E-state index contributed by atoms with van der Waals surface area (Å²) in [5.74, 6) is 7.38. The van der Waals surface area contributed by atoms with Gasteiger partial charge in [-0.05, 0) is 51.3 Å². The van der Waals surface area contributed by atoms with Crippen LogP contribution in [0.4, 0.5) is 11.5 Å². The molecule has 1 aliphatic rings. The molecule has 0 amide bonds. The van der Waals surface area contributed by atoms with Crippen LogP contribution in [0.3, 0.4) is 0 Å². The zero-order valence-corrected chi connectivity index (χ0v) is 18.6. The van der Waals surface area contributed by atoms with Crippen molar-refractivity contribution in [2.75, 3.05) is 22.7 Å². The molecule has 1 aliphatic heterocycles. The van der Waals surface area contributed by atoms with E-state index in [2.05, 4.69) is 36.4 Å². The number of hydrogen-bond donors (Lipinski definition) is 1. The Kier molecular flexibility index (Phi) is 6.70. The zero-order valence-electron chi connectivity index (χ0n) is 17.8. The van der Waals surface area contributed by atoms with Crippen molar-refractivity contribution in [3.05, 3.63) is 71.4 Å². The molecule has 1 saturated heterocycles. The lowest BCUT2D eigenvalue weighted by molar-refractivity contribution is 0.572. The Morgan fingerprint density at radius 2 is 1.74 bits per heavy atom. The van der Waals surface area contributed by atoms with E-state index in [4.69, 9.17) is 0 Å². The molecule has 4 rings (SSSR count). The van der Waals surface area contributed by atoms with Gasteiger partial charge in [-0.2, -0.15) is 0 Å². The fourth-order valence-electron chi connectivity index (χ4n) is 3.50. The van der Waals surface area contributed by atoms with Gasteiger partial charge in [-0.15, -0.1) is 0 Å². The van der Waals surface area contributed by atoms with Crippen LogP contribution in [0.25, 0.3) is 0 Å². The molecular weight excluding hydrogens is 406 g/mol. The van der Waals surface area contributed by atoms with Crippen molar-refractivity contribution in [2.24, 2.45) is 0 Å². The smallest absolute Gasteiger partial charge is 0.179 e. The van der Waals surface area contributed by atoms with Gasteiger partial charge in [0.2, 0.25) is 0 Å². The highest BCUT2D eigenvalue weighted by atomic mass is 32.2. The Hall–Kier alpha value is -3.08. The molecule has 3 heterocycles. The Morgan fingerprint density at radius 1 is 0.968 bits per heavy atom. The molecule has 1 unspecified atom stereocenters. The highest BCUT2D eigenvalue weighted by Gasteiger charge is 2.17. The van der Waals surface area contributed by atoms with Crippen molar-refractivity contribution in [3.63, 3.8) is 0 Å². The maximum Gasteiger partial charge on any atom is 0.179 e. The van der Waals surface area contributed by atoms with E-state index in [1.807, 2.05) is 50.2 Å². The third-order valence-electron chi connectivity index (χ3n) is 5.25. The fraction of sp³-hybridized carbons (Fsp3) is 0.292. The molecule has 0 saturated carbocycles. The predicted molar refractivity (Wildman–Crippen MR) is 124 cm³/mol. The van der Waals surface area contributed by atoms with E-state index in [9.17, 15) is 4.55 Å². The number of nitrogens with one attached hydrogen (secondary N) is 1. The number of pyridine rings is 1. The third kappa shape index (κ3) is 5.16. The van der Waals surface area contributed by atoms with E-state index in [0.717, 1.165) is 41.4 Å². The summed E-state index contributed by atoms with van der Waals surface area (Å²) in [4.78, 5) is 16.3. The highest BCUT2D eigenvalue weighted by Crippen LogP contribution is 2.23. The molecule has 3 aromatic rings. The summed E-state index contributed by atoms with van der Waals surface area (Å²) in [7, 11) is 0. The van der Waals surface area contributed by atoms with Crippen LogP contribution < -0.4 is 9.62 Å². The Balaban J connectivity index is 1.60.